The van der Waals surface area contributed by atoms with Crippen molar-refractivity contribution < 1.29 is 25.8 Å². The van der Waals surface area contributed by atoms with Gasteiger partial charge in [-0.2, -0.15) is 6.07 Å². The molecule has 0 saturated carbocycles. The summed E-state index contributed by atoms with van der Waals surface area (Å²) in [4.78, 5) is 9.10. The van der Waals surface area contributed by atoms with E-state index in [4.69, 9.17) is 9.72 Å². The Kier molecular flexibility index (Phi) is 9.35. The van der Waals surface area contributed by atoms with Gasteiger partial charge in [-0.3, -0.25) is 0 Å². The number of pyridine rings is 1. The van der Waals surface area contributed by atoms with E-state index < -0.39 is 0 Å². The van der Waals surface area contributed by atoms with Crippen LogP contribution in [-0.2, 0) is 31.9 Å². The van der Waals surface area contributed by atoms with E-state index in [0.29, 0.717) is 11.5 Å². The van der Waals surface area contributed by atoms with E-state index in [-0.39, 0.29) is 31.9 Å². The van der Waals surface area contributed by atoms with Crippen molar-refractivity contribution in [2.45, 2.75) is 52.4 Å². The topological polar surface area (TPSA) is 33.5 Å². The molecule has 0 atom stereocenters. The fourth-order valence-corrected chi connectivity index (χ4v) is 6.79. The van der Waals surface area contributed by atoms with Crippen LogP contribution in [0.2, 0.25) is 0 Å². The molecule has 52 heavy (non-hydrogen) atoms. The summed E-state index contributed by atoms with van der Waals surface area (Å²) in [5.74, 6) is 2.07. The van der Waals surface area contributed by atoms with Crippen molar-refractivity contribution >= 4 is 33.2 Å². The second-order valence-corrected chi connectivity index (χ2v) is 15.2. The summed E-state index contributed by atoms with van der Waals surface area (Å²) in [5.41, 5.74) is 8.64. The SMILES string of the molecule is CC(C)(C)c1ccnc(-n2c3[c-]c(Oc4[c-]c(N5C=CN(c6ccccc6C(C)(C)C)[CH-]5)cc(-c5ccccc5)c4)ccc3c3ccccc32)c1.[Pt]. The summed E-state index contributed by atoms with van der Waals surface area (Å²) in [5, 5.41) is 2.24. The van der Waals surface area contributed by atoms with Crippen molar-refractivity contribution in [3.63, 3.8) is 0 Å². The van der Waals surface area contributed by atoms with Crippen LogP contribution in [0.25, 0.3) is 38.8 Å². The van der Waals surface area contributed by atoms with Gasteiger partial charge in [0.2, 0.25) is 0 Å². The van der Waals surface area contributed by atoms with E-state index in [1.807, 2.05) is 24.4 Å². The smallest absolute Gasteiger partial charge is 0.135 e. The molecular formula is C46H41N4OPt-3. The van der Waals surface area contributed by atoms with E-state index in [1.54, 1.807) is 0 Å². The van der Waals surface area contributed by atoms with Gasteiger partial charge < -0.3 is 19.1 Å². The van der Waals surface area contributed by atoms with Crippen molar-refractivity contribution in [1.82, 2.24) is 9.55 Å². The fraction of sp³-hybridized carbons (Fsp3) is 0.174. The Morgan fingerprint density at radius 1 is 0.635 bits per heavy atom. The maximum absolute atomic E-state index is 6.67. The van der Waals surface area contributed by atoms with Crippen LogP contribution >= 0.6 is 0 Å². The van der Waals surface area contributed by atoms with E-state index in [1.165, 1.54) is 11.1 Å². The minimum absolute atomic E-state index is 0. The van der Waals surface area contributed by atoms with Gasteiger partial charge in [-0.1, -0.05) is 114 Å². The third kappa shape index (κ3) is 6.78. The molecule has 3 heterocycles. The maximum atomic E-state index is 6.67. The monoisotopic (exact) mass is 860 g/mol. The van der Waals surface area contributed by atoms with Gasteiger partial charge in [0.25, 0.3) is 0 Å². The molecule has 2 aromatic heterocycles. The Morgan fingerprint density at radius 3 is 2.15 bits per heavy atom. The average molecular weight is 861 g/mol. The number of rotatable bonds is 6. The Bertz CT molecular complexity index is 2420. The van der Waals surface area contributed by atoms with Crippen LogP contribution in [0.15, 0.2) is 134 Å². The second-order valence-electron chi connectivity index (χ2n) is 15.2. The molecule has 0 N–H and O–H groups in total. The van der Waals surface area contributed by atoms with E-state index in [9.17, 15) is 0 Å². The molecule has 0 radical (unpaired) electrons. The molecule has 8 rings (SSSR count). The molecule has 0 unspecified atom stereocenters. The van der Waals surface area contributed by atoms with Crippen LogP contribution in [0.5, 0.6) is 11.5 Å². The number of para-hydroxylation sites is 2. The molecule has 0 bridgehead atoms. The molecule has 264 valence electrons. The van der Waals surface area contributed by atoms with Gasteiger partial charge in [0, 0.05) is 50.0 Å². The van der Waals surface area contributed by atoms with Crippen molar-refractivity contribution in [3.05, 3.63) is 164 Å². The van der Waals surface area contributed by atoms with E-state index in [2.05, 4.69) is 184 Å². The zero-order valence-electron chi connectivity index (χ0n) is 30.3. The molecule has 0 spiro atoms. The Morgan fingerprint density at radius 2 is 1.37 bits per heavy atom. The number of nitrogens with zero attached hydrogens (tertiary/aromatic N) is 4. The first-order chi connectivity index (χ1) is 24.5. The summed E-state index contributed by atoms with van der Waals surface area (Å²) in [6.07, 6.45) is 6.06. The van der Waals surface area contributed by atoms with Gasteiger partial charge in [-0.05, 0) is 69.6 Å². The maximum Gasteiger partial charge on any atom is 0.135 e. The van der Waals surface area contributed by atoms with Crippen LogP contribution in [0, 0.1) is 18.8 Å². The summed E-state index contributed by atoms with van der Waals surface area (Å²) < 4.78 is 8.86. The van der Waals surface area contributed by atoms with Crippen LogP contribution in [-0.4, -0.2) is 9.55 Å². The van der Waals surface area contributed by atoms with Gasteiger partial charge in [-0.15, -0.1) is 53.6 Å². The fourth-order valence-electron chi connectivity index (χ4n) is 6.79. The van der Waals surface area contributed by atoms with Gasteiger partial charge >= 0.3 is 0 Å². The van der Waals surface area contributed by atoms with Crippen molar-refractivity contribution in [1.29, 1.82) is 0 Å². The molecule has 6 heteroatoms. The molecule has 0 fully saturated rings. The average Bonchev–Trinajstić information content (AvgIpc) is 3.75. The van der Waals surface area contributed by atoms with Crippen molar-refractivity contribution in [2.75, 3.05) is 9.80 Å². The molecule has 1 aliphatic heterocycles. The van der Waals surface area contributed by atoms with Crippen molar-refractivity contribution in [2.24, 2.45) is 0 Å². The first kappa shape index (κ1) is 35.3. The van der Waals surface area contributed by atoms with Crippen LogP contribution in [0.4, 0.5) is 11.4 Å². The quantitative estimate of drug-likeness (QED) is 0.156. The summed E-state index contributed by atoms with van der Waals surface area (Å²) in [6, 6.07) is 47.2. The number of ether oxygens (including phenoxy) is 1. The Balaban J connectivity index is 0.00000420. The summed E-state index contributed by atoms with van der Waals surface area (Å²) in [6.45, 7) is 15.5. The predicted octanol–water partition coefficient (Wildman–Crippen LogP) is 11.7. The number of hydrogen-bond acceptors (Lipinski definition) is 4. The van der Waals surface area contributed by atoms with Gasteiger partial charge in [0.1, 0.15) is 5.82 Å². The van der Waals surface area contributed by atoms with Gasteiger partial charge in [0.05, 0.1) is 0 Å². The first-order valence-corrected chi connectivity index (χ1v) is 17.5. The van der Waals surface area contributed by atoms with E-state index in [0.717, 1.165) is 50.1 Å². The zero-order valence-corrected chi connectivity index (χ0v) is 32.6. The largest absolute Gasteiger partial charge is 0.509 e. The second kappa shape index (κ2) is 13.8. The molecule has 5 aromatic carbocycles. The Hall–Kier alpha value is -5.12. The van der Waals surface area contributed by atoms with Gasteiger partial charge in [0.15, 0.2) is 0 Å². The van der Waals surface area contributed by atoms with E-state index >= 15 is 0 Å². The first-order valence-electron chi connectivity index (χ1n) is 17.5. The molecule has 0 saturated heterocycles. The third-order valence-electron chi connectivity index (χ3n) is 9.46. The van der Waals surface area contributed by atoms with Crippen LogP contribution < -0.4 is 14.5 Å². The minimum Gasteiger partial charge on any atom is -0.509 e. The predicted molar refractivity (Wildman–Crippen MR) is 210 cm³/mol. The zero-order chi connectivity index (χ0) is 35.3. The normalized spacial score (nSPS) is 13.2. The van der Waals surface area contributed by atoms with Crippen LogP contribution in [0.3, 0.4) is 0 Å². The number of fused-ring (bicyclic) bond motifs is 3. The summed E-state index contributed by atoms with van der Waals surface area (Å²) >= 11 is 0. The molecule has 0 aliphatic carbocycles. The molecule has 7 aromatic rings. The molecule has 0 amide bonds. The summed E-state index contributed by atoms with van der Waals surface area (Å²) in [7, 11) is 0. The number of anilines is 2. The van der Waals surface area contributed by atoms with Crippen LogP contribution in [0.1, 0.15) is 52.7 Å². The number of aromatic nitrogens is 2. The Labute approximate surface area is 321 Å². The van der Waals surface area contributed by atoms with Gasteiger partial charge in [-0.25, -0.2) is 4.98 Å². The molecule has 1 aliphatic rings. The standard InChI is InChI=1S/C46H41N4O.Pt/c1-45(2,3)34-22-23-47-44(28-34)50-41-18-12-10-16-38(41)39-21-20-36(30-43(39)50)51-37-27-33(32-14-8-7-9-15-32)26-35(29-37)48-24-25-49(31-48)42-19-13-11-17-40(42)46(4,5)6;/h7-28,31H,1-6H3;/q-3;. The minimum atomic E-state index is -0.0132. The molecular weight excluding hydrogens is 820 g/mol. The van der Waals surface area contributed by atoms with Crippen molar-refractivity contribution in [3.8, 4) is 28.4 Å². The molecule has 5 nitrogen and oxygen atoms in total. The number of benzene rings is 5. The number of hydrogen-bond donors (Lipinski definition) is 0. The third-order valence-corrected chi connectivity index (χ3v) is 9.46.